The van der Waals surface area contributed by atoms with Crippen molar-refractivity contribution in [2.45, 2.75) is 39.1 Å². The number of benzene rings is 1. The molecule has 0 spiro atoms. The number of hydrogen-bond donors (Lipinski definition) is 2. The Morgan fingerprint density at radius 1 is 1.19 bits per heavy atom. The lowest BCUT2D eigenvalue weighted by atomic mass is 10.1. The summed E-state index contributed by atoms with van der Waals surface area (Å²) in [5.74, 6) is -0.254. The first-order chi connectivity index (χ1) is 11.5. The number of halogens is 4. The molecule has 0 heterocycles. The molecule has 0 aliphatic rings. The maximum absolute atomic E-state index is 13.3. The van der Waals surface area contributed by atoms with Gasteiger partial charge in [0, 0.05) is 20.2 Å². The van der Waals surface area contributed by atoms with Crippen LogP contribution in [0.4, 0.5) is 13.2 Å². The van der Waals surface area contributed by atoms with Crippen molar-refractivity contribution in [2.24, 2.45) is 0 Å². The molecular formula is C17H26ClF3N2O3. The van der Waals surface area contributed by atoms with Crippen LogP contribution in [0.5, 0.6) is 5.75 Å². The first-order valence-corrected chi connectivity index (χ1v) is 7.88. The molecule has 5 nitrogen and oxygen atoms in total. The molecule has 1 aromatic carbocycles. The zero-order valence-electron chi connectivity index (χ0n) is 15.3. The minimum absolute atomic E-state index is 0. The fourth-order valence-electron chi connectivity index (χ4n) is 2.02. The SMILES string of the molecule is COCCNCC(=O)NCc1ccc(OC(C)(C)C)cc1C(F)(F)F.Cl. The number of carbonyl (C=O) groups excluding carboxylic acids is 1. The molecule has 150 valence electrons. The van der Waals surface area contributed by atoms with Gasteiger partial charge < -0.3 is 20.1 Å². The van der Waals surface area contributed by atoms with Crippen molar-refractivity contribution in [3.05, 3.63) is 29.3 Å². The van der Waals surface area contributed by atoms with Crippen LogP contribution in [0.2, 0.25) is 0 Å². The summed E-state index contributed by atoms with van der Waals surface area (Å²) in [6, 6.07) is 3.75. The summed E-state index contributed by atoms with van der Waals surface area (Å²) >= 11 is 0. The molecule has 0 unspecified atom stereocenters. The van der Waals surface area contributed by atoms with Crippen LogP contribution in [0, 0.1) is 0 Å². The molecule has 0 saturated heterocycles. The highest BCUT2D eigenvalue weighted by Crippen LogP contribution is 2.35. The Morgan fingerprint density at radius 2 is 1.85 bits per heavy atom. The number of amides is 1. The largest absolute Gasteiger partial charge is 0.488 e. The van der Waals surface area contributed by atoms with Crippen LogP contribution < -0.4 is 15.4 Å². The van der Waals surface area contributed by atoms with Gasteiger partial charge in [-0.15, -0.1) is 12.4 Å². The lowest BCUT2D eigenvalue weighted by Crippen LogP contribution is -2.35. The first-order valence-electron chi connectivity index (χ1n) is 7.88. The van der Waals surface area contributed by atoms with Crippen molar-refractivity contribution in [2.75, 3.05) is 26.8 Å². The molecule has 0 bridgehead atoms. The highest BCUT2D eigenvalue weighted by Gasteiger charge is 2.34. The Morgan fingerprint density at radius 3 is 2.38 bits per heavy atom. The van der Waals surface area contributed by atoms with Crippen LogP contribution in [0.3, 0.4) is 0 Å². The van der Waals surface area contributed by atoms with E-state index in [1.54, 1.807) is 20.8 Å². The lowest BCUT2D eigenvalue weighted by molar-refractivity contribution is -0.138. The average molecular weight is 399 g/mol. The Kier molecular flexibility index (Phi) is 9.98. The Hall–Kier alpha value is -1.51. The van der Waals surface area contributed by atoms with Gasteiger partial charge in [0.05, 0.1) is 18.7 Å². The summed E-state index contributed by atoms with van der Waals surface area (Å²) in [6.07, 6.45) is -4.53. The number of carbonyl (C=O) groups is 1. The highest BCUT2D eigenvalue weighted by molar-refractivity contribution is 5.85. The van der Waals surface area contributed by atoms with E-state index in [4.69, 9.17) is 9.47 Å². The third kappa shape index (κ3) is 9.26. The molecule has 0 fully saturated rings. The van der Waals surface area contributed by atoms with Crippen LogP contribution >= 0.6 is 12.4 Å². The van der Waals surface area contributed by atoms with Crippen LogP contribution in [-0.2, 0) is 22.3 Å². The number of rotatable bonds is 8. The minimum atomic E-state index is -4.53. The number of ether oxygens (including phenoxy) is 2. The number of nitrogens with one attached hydrogen (secondary N) is 2. The Balaban J connectivity index is 0.00000625. The second kappa shape index (κ2) is 10.6. The summed E-state index contributed by atoms with van der Waals surface area (Å²) in [5.41, 5.74) is -1.44. The van der Waals surface area contributed by atoms with E-state index in [1.165, 1.54) is 19.2 Å². The molecule has 1 rings (SSSR count). The van der Waals surface area contributed by atoms with Gasteiger partial charge in [-0.05, 0) is 38.5 Å². The lowest BCUT2D eigenvalue weighted by Gasteiger charge is -2.23. The predicted octanol–water partition coefficient (Wildman–Crippen LogP) is 3.16. The van der Waals surface area contributed by atoms with E-state index < -0.39 is 17.3 Å². The molecule has 9 heteroatoms. The molecular weight excluding hydrogens is 373 g/mol. The van der Waals surface area contributed by atoms with Crippen molar-refractivity contribution in [3.63, 3.8) is 0 Å². The zero-order chi connectivity index (χ0) is 19.1. The Labute approximate surface area is 158 Å². The molecule has 0 aliphatic carbocycles. The summed E-state index contributed by atoms with van der Waals surface area (Å²) in [6.45, 7) is 5.99. The van der Waals surface area contributed by atoms with Gasteiger partial charge in [-0.2, -0.15) is 13.2 Å². The van der Waals surface area contributed by atoms with Crippen molar-refractivity contribution < 1.29 is 27.4 Å². The predicted molar refractivity (Wildman–Crippen MR) is 95.7 cm³/mol. The monoisotopic (exact) mass is 398 g/mol. The standard InChI is InChI=1S/C17H25F3N2O3.ClH/c1-16(2,3)25-13-6-5-12(14(9-13)17(18,19)20)10-22-15(23)11-21-7-8-24-4;/h5-6,9,21H,7-8,10-11H2,1-4H3,(H,22,23);1H. The second-order valence-corrected chi connectivity index (χ2v) is 6.48. The van der Waals surface area contributed by atoms with Gasteiger partial charge in [0.25, 0.3) is 0 Å². The van der Waals surface area contributed by atoms with Crippen molar-refractivity contribution in [1.82, 2.24) is 10.6 Å². The summed E-state index contributed by atoms with van der Waals surface area (Å²) in [5, 5.41) is 5.30. The minimum Gasteiger partial charge on any atom is -0.488 e. The number of alkyl halides is 3. The molecule has 0 saturated carbocycles. The molecule has 0 radical (unpaired) electrons. The molecule has 2 N–H and O–H groups in total. The van der Waals surface area contributed by atoms with E-state index in [-0.39, 0.29) is 42.7 Å². The van der Waals surface area contributed by atoms with Gasteiger partial charge in [0.1, 0.15) is 11.4 Å². The van der Waals surface area contributed by atoms with Crippen molar-refractivity contribution >= 4 is 18.3 Å². The molecule has 0 aliphatic heterocycles. The third-order valence-electron chi connectivity index (χ3n) is 3.06. The second-order valence-electron chi connectivity index (χ2n) is 6.48. The van der Waals surface area contributed by atoms with E-state index >= 15 is 0 Å². The smallest absolute Gasteiger partial charge is 0.416 e. The van der Waals surface area contributed by atoms with E-state index in [1.807, 2.05) is 0 Å². The van der Waals surface area contributed by atoms with Crippen LogP contribution in [0.15, 0.2) is 18.2 Å². The summed E-state index contributed by atoms with van der Waals surface area (Å²) in [7, 11) is 1.54. The van der Waals surface area contributed by atoms with Gasteiger partial charge in [0.15, 0.2) is 0 Å². The van der Waals surface area contributed by atoms with Gasteiger partial charge in [-0.1, -0.05) is 6.07 Å². The fraction of sp³-hybridized carbons (Fsp3) is 0.588. The van der Waals surface area contributed by atoms with Gasteiger partial charge in [-0.3, -0.25) is 4.79 Å². The third-order valence-corrected chi connectivity index (χ3v) is 3.06. The van der Waals surface area contributed by atoms with Crippen molar-refractivity contribution in [3.8, 4) is 5.75 Å². The average Bonchev–Trinajstić information content (AvgIpc) is 2.48. The number of hydrogen-bond acceptors (Lipinski definition) is 4. The van der Waals surface area contributed by atoms with E-state index in [9.17, 15) is 18.0 Å². The van der Waals surface area contributed by atoms with E-state index in [2.05, 4.69) is 10.6 Å². The van der Waals surface area contributed by atoms with Crippen LogP contribution in [0.1, 0.15) is 31.9 Å². The normalized spacial score (nSPS) is 11.7. The van der Waals surface area contributed by atoms with E-state index in [0.717, 1.165) is 6.07 Å². The molecule has 26 heavy (non-hydrogen) atoms. The van der Waals surface area contributed by atoms with Gasteiger partial charge in [-0.25, -0.2) is 0 Å². The maximum atomic E-state index is 13.3. The molecule has 1 amide bonds. The quantitative estimate of drug-likeness (QED) is 0.660. The van der Waals surface area contributed by atoms with Gasteiger partial charge >= 0.3 is 6.18 Å². The van der Waals surface area contributed by atoms with Crippen molar-refractivity contribution in [1.29, 1.82) is 0 Å². The number of methoxy groups -OCH3 is 1. The fourth-order valence-corrected chi connectivity index (χ4v) is 2.02. The summed E-state index contributed by atoms with van der Waals surface area (Å²) < 4.78 is 50.1. The molecule has 1 aromatic rings. The maximum Gasteiger partial charge on any atom is 0.416 e. The van der Waals surface area contributed by atoms with Crippen LogP contribution in [-0.4, -0.2) is 38.3 Å². The van der Waals surface area contributed by atoms with Crippen LogP contribution in [0.25, 0.3) is 0 Å². The van der Waals surface area contributed by atoms with E-state index in [0.29, 0.717) is 13.2 Å². The topological polar surface area (TPSA) is 59.6 Å². The highest BCUT2D eigenvalue weighted by atomic mass is 35.5. The van der Waals surface area contributed by atoms with Gasteiger partial charge in [0.2, 0.25) is 5.91 Å². The molecule has 0 aromatic heterocycles. The molecule has 0 atom stereocenters. The first kappa shape index (κ1) is 24.5. The Bertz CT molecular complexity index is 575. The summed E-state index contributed by atoms with van der Waals surface area (Å²) in [4.78, 5) is 11.7. The zero-order valence-corrected chi connectivity index (χ0v) is 16.1.